The van der Waals surface area contributed by atoms with Crippen LogP contribution in [-0.2, 0) is 15.2 Å². The summed E-state index contributed by atoms with van der Waals surface area (Å²) >= 11 is 3.38. The summed E-state index contributed by atoms with van der Waals surface area (Å²) in [4.78, 5) is 26.7. The van der Waals surface area contributed by atoms with Gasteiger partial charge in [0.15, 0.2) is 5.60 Å². The van der Waals surface area contributed by atoms with Gasteiger partial charge in [-0.15, -0.1) is 0 Å². The van der Waals surface area contributed by atoms with E-state index in [1.807, 2.05) is 6.07 Å². The number of nitrogens with zero attached hydrogens (tertiary/aromatic N) is 1. The minimum Gasteiger partial charge on any atom is -0.374 e. The molecule has 5 nitrogen and oxygen atoms in total. The zero-order chi connectivity index (χ0) is 16.4. The van der Waals surface area contributed by atoms with Crippen LogP contribution in [0.3, 0.4) is 0 Å². The fraction of sp³-hybridized carbons (Fsp3) is 0.176. The lowest BCUT2D eigenvalue weighted by Crippen LogP contribution is -2.45. The molecule has 2 atom stereocenters. The average molecular weight is 373 g/mol. The fourth-order valence-corrected chi connectivity index (χ4v) is 3.87. The molecule has 0 saturated carbocycles. The van der Waals surface area contributed by atoms with Crippen molar-refractivity contribution in [3.05, 3.63) is 58.1 Å². The van der Waals surface area contributed by atoms with E-state index in [1.165, 1.54) is 4.90 Å². The average Bonchev–Trinajstić information content (AvgIpc) is 2.96. The quantitative estimate of drug-likeness (QED) is 0.807. The van der Waals surface area contributed by atoms with Gasteiger partial charge in [-0.2, -0.15) is 0 Å². The Bertz CT molecular complexity index is 867. The first-order chi connectivity index (χ1) is 10.9. The molecule has 2 heterocycles. The molecule has 0 aliphatic carbocycles. The Labute approximate surface area is 141 Å². The standard InChI is InChI=1S/C17H13BrN2O3/c1-20-13-5-3-2-4-11(13)17(23,16(20)22)14-10-8-9(18)6-7-12(10)19-15(14)21/h2-8,14,23H,1H3,(H,19,21)/t14-,17-/m0/s1. The number of carbonyl (C=O) groups excluding carboxylic acids is 2. The maximum atomic E-state index is 12.8. The molecule has 0 spiro atoms. The van der Waals surface area contributed by atoms with E-state index in [9.17, 15) is 14.7 Å². The fourth-order valence-electron chi connectivity index (χ4n) is 3.49. The zero-order valence-corrected chi connectivity index (χ0v) is 13.8. The van der Waals surface area contributed by atoms with Crippen molar-refractivity contribution in [1.82, 2.24) is 0 Å². The summed E-state index contributed by atoms with van der Waals surface area (Å²) in [6.45, 7) is 0. The summed E-state index contributed by atoms with van der Waals surface area (Å²) in [7, 11) is 1.60. The van der Waals surface area contributed by atoms with Crippen LogP contribution in [0, 0.1) is 0 Å². The molecule has 23 heavy (non-hydrogen) atoms. The van der Waals surface area contributed by atoms with Crippen LogP contribution < -0.4 is 10.2 Å². The van der Waals surface area contributed by atoms with Crippen molar-refractivity contribution >= 4 is 39.1 Å². The number of nitrogens with one attached hydrogen (secondary N) is 1. The molecule has 0 saturated heterocycles. The smallest absolute Gasteiger partial charge is 0.264 e. The Morgan fingerprint density at radius 2 is 1.96 bits per heavy atom. The Balaban J connectivity index is 1.96. The minimum atomic E-state index is -1.90. The molecule has 0 bridgehead atoms. The van der Waals surface area contributed by atoms with Gasteiger partial charge in [-0.25, -0.2) is 0 Å². The number of likely N-dealkylation sites (N-methyl/N-ethyl adjacent to an activating group) is 1. The van der Waals surface area contributed by atoms with Crippen LogP contribution in [0.5, 0.6) is 0 Å². The molecule has 0 aromatic heterocycles. The van der Waals surface area contributed by atoms with Gasteiger partial charge in [0.05, 0.1) is 5.69 Å². The molecule has 0 radical (unpaired) electrons. The van der Waals surface area contributed by atoms with E-state index in [2.05, 4.69) is 21.2 Å². The van der Waals surface area contributed by atoms with Crippen LogP contribution in [0.1, 0.15) is 17.0 Å². The molecule has 2 aromatic carbocycles. The number of hydrogen-bond acceptors (Lipinski definition) is 3. The van der Waals surface area contributed by atoms with E-state index in [1.54, 1.807) is 43.4 Å². The highest BCUT2D eigenvalue weighted by Gasteiger charge is 2.58. The Kier molecular flexibility index (Phi) is 2.92. The number of halogens is 1. The highest BCUT2D eigenvalue weighted by atomic mass is 79.9. The molecule has 2 aliphatic rings. The summed E-state index contributed by atoms with van der Waals surface area (Å²) in [5, 5.41) is 14.1. The maximum Gasteiger partial charge on any atom is 0.264 e. The van der Waals surface area contributed by atoms with Gasteiger partial charge in [0.2, 0.25) is 5.91 Å². The third kappa shape index (κ3) is 1.76. The molecule has 2 aromatic rings. The van der Waals surface area contributed by atoms with Crippen LogP contribution in [0.25, 0.3) is 0 Å². The highest BCUT2D eigenvalue weighted by molar-refractivity contribution is 9.10. The van der Waals surface area contributed by atoms with E-state index in [4.69, 9.17) is 0 Å². The topological polar surface area (TPSA) is 69.6 Å². The molecule has 0 fully saturated rings. The largest absolute Gasteiger partial charge is 0.374 e. The van der Waals surface area contributed by atoms with Gasteiger partial charge in [0, 0.05) is 22.8 Å². The van der Waals surface area contributed by atoms with Crippen molar-refractivity contribution < 1.29 is 14.7 Å². The minimum absolute atomic E-state index is 0.376. The SMILES string of the molecule is CN1C(=O)[C@@](O)([C@@H]2C(=O)Nc3ccc(Br)cc32)c2ccccc21. The second-order valence-corrected chi connectivity index (χ2v) is 6.72. The van der Waals surface area contributed by atoms with Gasteiger partial charge < -0.3 is 15.3 Å². The number of para-hydroxylation sites is 1. The monoisotopic (exact) mass is 372 g/mol. The number of anilines is 2. The first-order valence-corrected chi connectivity index (χ1v) is 7.94. The van der Waals surface area contributed by atoms with Gasteiger partial charge in [0.25, 0.3) is 5.91 Å². The first-order valence-electron chi connectivity index (χ1n) is 7.15. The Morgan fingerprint density at radius 1 is 1.22 bits per heavy atom. The predicted molar refractivity (Wildman–Crippen MR) is 89.3 cm³/mol. The molecule has 2 amide bonds. The first kappa shape index (κ1) is 14.4. The Hall–Kier alpha value is -2.18. The van der Waals surface area contributed by atoms with Crippen molar-refractivity contribution in [3.8, 4) is 0 Å². The van der Waals surface area contributed by atoms with Crippen LogP contribution in [0.2, 0.25) is 0 Å². The van der Waals surface area contributed by atoms with Crippen molar-refractivity contribution in [2.24, 2.45) is 0 Å². The third-order valence-corrected chi connectivity index (χ3v) is 5.06. The van der Waals surface area contributed by atoms with Gasteiger partial charge in [0.1, 0.15) is 5.92 Å². The second kappa shape index (κ2) is 4.66. The zero-order valence-electron chi connectivity index (χ0n) is 12.2. The van der Waals surface area contributed by atoms with E-state index in [-0.39, 0.29) is 5.91 Å². The van der Waals surface area contributed by atoms with Crippen LogP contribution in [0.15, 0.2) is 46.9 Å². The lowest BCUT2D eigenvalue weighted by Gasteiger charge is -2.27. The van der Waals surface area contributed by atoms with E-state index in [0.29, 0.717) is 22.5 Å². The molecule has 0 unspecified atom stereocenters. The molecule has 116 valence electrons. The van der Waals surface area contributed by atoms with Crippen molar-refractivity contribution in [3.63, 3.8) is 0 Å². The van der Waals surface area contributed by atoms with E-state index < -0.39 is 17.4 Å². The summed E-state index contributed by atoms with van der Waals surface area (Å²) in [6, 6.07) is 12.3. The normalized spacial score (nSPS) is 25.3. The molecular formula is C17H13BrN2O3. The van der Waals surface area contributed by atoms with E-state index in [0.717, 1.165) is 4.47 Å². The number of hydrogen-bond donors (Lipinski definition) is 2. The number of benzene rings is 2. The van der Waals surface area contributed by atoms with Gasteiger partial charge >= 0.3 is 0 Å². The van der Waals surface area contributed by atoms with Crippen molar-refractivity contribution in [2.45, 2.75) is 11.5 Å². The lowest BCUT2D eigenvalue weighted by atomic mass is 9.78. The summed E-state index contributed by atoms with van der Waals surface area (Å²) in [6.07, 6.45) is 0. The summed E-state index contributed by atoms with van der Waals surface area (Å²) in [5.41, 5.74) is 0.417. The molecule has 4 rings (SSSR count). The summed E-state index contributed by atoms with van der Waals surface area (Å²) in [5.74, 6) is -1.85. The summed E-state index contributed by atoms with van der Waals surface area (Å²) < 4.78 is 0.786. The predicted octanol–water partition coefficient (Wildman–Crippen LogP) is 2.35. The third-order valence-electron chi connectivity index (χ3n) is 4.57. The Morgan fingerprint density at radius 3 is 2.74 bits per heavy atom. The van der Waals surface area contributed by atoms with Gasteiger partial charge in [-0.3, -0.25) is 9.59 Å². The molecular weight excluding hydrogens is 360 g/mol. The number of carbonyl (C=O) groups is 2. The van der Waals surface area contributed by atoms with Crippen LogP contribution in [0.4, 0.5) is 11.4 Å². The second-order valence-electron chi connectivity index (χ2n) is 5.80. The highest BCUT2D eigenvalue weighted by Crippen LogP contribution is 2.51. The molecule has 6 heteroatoms. The maximum absolute atomic E-state index is 12.8. The van der Waals surface area contributed by atoms with Crippen LogP contribution >= 0.6 is 15.9 Å². The number of rotatable bonds is 1. The van der Waals surface area contributed by atoms with Gasteiger partial charge in [-0.1, -0.05) is 34.1 Å². The van der Waals surface area contributed by atoms with Gasteiger partial charge in [-0.05, 0) is 29.8 Å². The molecule has 2 N–H and O–H groups in total. The van der Waals surface area contributed by atoms with Crippen LogP contribution in [-0.4, -0.2) is 24.0 Å². The number of aliphatic hydroxyl groups is 1. The molecule has 2 aliphatic heterocycles. The number of fused-ring (bicyclic) bond motifs is 2. The van der Waals surface area contributed by atoms with Crippen molar-refractivity contribution in [1.29, 1.82) is 0 Å². The lowest BCUT2D eigenvalue weighted by molar-refractivity contribution is -0.143. The van der Waals surface area contributed by atoms with E-state index >= 15 is 0 Å². The van der Waals surface area contributed by atoms with Crippen molar-refractivity contribution in [2.75, 3.05) is 17.3 Å². The number of amides is 2.